The lowest BCUT2D eigenvalue weighted by Gasteiger charge is -2.09. The molecule has 0 atom stereocenters. The molecule has 88 valence electrons. The van der Waals surface area contributed by atoms with Gasteiger partial charge < -0.3 is 9.05 Å². The molecule has 0 aliphatic carbocycles. The predicted octanol–water partition coefficient (Wildman–Crippen LogP) is 1.61. The van der Waals surface area contributed by atoms with Gasteiger partial charge in [-0.2, -0.15) is 0 Å². The molecule has 0 unspecified atom stereocenters. The topological polar surface area (TPSA) is 86.7 Å². The van der Waals surface area contributed by atoms with Crippen LogP contribution in [0.2, 0.25) is 0 Å². The van der Waals surface area contributed by atoms with Crippen molar-refractivity contribution in [3.8, 4) is 0 Å². The third-order valence-electron chi connectivity index (χ3n) is 1.17. The van der Waals surface area contributed by atoms with E-state index in [2.05, 4.69) is 9.05 Å². The van der Waals surface area contributed by atoms with Crippen molar-refractivity contribution in [3.05, 3.63) is 24.3 Å². The highest BCUT2D eigenvalue weighted by molar-refractivity contribution is 7.70. The van der Waals surface area contributed by atoms with Crippen LogP contribution < -0.4 is 0 Å². The Balaban J connectivity index is 4.67. The first-order chi connectivity index (χ1) is 7.47. The van der Waals surface area contributed by atoms with Gasteiger partial charge in [0.05, 0.1) is 0 Å². The van der Waals surface area contributed by atoms with Gasteiger partial charge in [-0.05, 0) is 13.8 Å². The van der Waals surface area contributed by atoms with Crippen molar-refractivity contribution in [3.63, 3.8) is 0 Å². The molecule has 16 heavy (non-hydrogen) atoms. The van der Waals surface area contributed by atoms with Crippen LogP contribution >= 0.6 is 7.60 Å². The molecule has 0 rings (SSSR count). The summed E-state index contributed by atoms with van der Waals surface area (Å²) in [5.41, 5.74) is 0. The molecule has 0 bridgehead atoms. The normalized spacial score (nSPS) is 11.6. The highest BCUT2D eigenvalue weighted by Crippen LogP contribution is 2.45. The average Bonchev–Trinajstić information content (AvgIpc) is 2.17. The van der Waals surface area contributed by atoms with Gasteiger partial charge in [0.25, 0.3) is 6.03 Å². The zero-order valence-corrected chi connectivity index (χ0v) is 9.68. The molecule has 0 aliphatic heterocycles. The number of hydrogen-bond donors (Lipinski definition) is 0. The Bertz CT molecular complexity index is 351. The zero-order valence-electron chi connectivity index (χ0n) is 8.78. The highest BCUT2D eigenvalue weighted by atomic mass is 31.2. The van der Waals surface area contributed by atoms with E-state index in [0.717, 1.165) is 12.2 Å². The SMILES string of the molecule is C/C=C/C(=O)OP(=O)(C=O)OC(=O)/C=C/C. The summed E-state index contributed by atoms with van der Waals surface area (Å²) in [7, 11) is -4.35. The van der Waals surface area contributed by atoms with Gasteiger partial charge in [-0.3, -0.25) is 4.79 Å². The molecule has 0 saturated heterocycles. The fourth-order valence-corrected chi connectivity index (χ4v) is 1.39. The van der Waals surface area contributed by atoms with Crippen LogP contribution in [-0.4, -0.2) is 18.0 Å². The molecule has 0 fully saturated rings. The standard InChI is InChI=1S/C9H11O6P/c1-3-5-8(11)14-16(13,7-10)15-9(12)6-4-2/h3-7H,1-2H3/b5-3+,6-4+. The van der Waals surface area contributed by atoms with Gasteiger partial charge in [0.2, 0.25) is 0 Å². The lowest BCUT2D eigenvalue weighted by molar-refractivity contribution is -0.132. The van der Waals surface area contributed by atoms with Gasteiger partial charge in [0.15, 0.2) is 0 Å². The minimum atomic E-state index is -4.35. The van der Waals surface area contributed by atoms with Crippen LogP contribution in [0.4, 0.5) is 0 Å². The zero-order chi connectivity index (χ0) is 12.6. The van der Waals surface area contributed by atoms with E-state index in [4.69, 9.17) is 0 Å². The van der Waals surface area contributed by atoms with E-state index in [-0.39, 0.29) is 6.03 Å². The smallest absolute Gasteiger partial charge is 0.374 e. The maximum atomic E-state index is 11.4. The van der Waals surface area contributed by atoms with Crippen LogP contribution in [-0.2, 0) is 28.0 Å². The second-order valence-corrected chi connectivity index (χ2v) is 4.12. The van der Waals surface area contributed by atoms with Crippen LogP contribution in [0, 0.1) is 0 Å². The molecule has 0 N–H and O–H groups in total. The third kappa shape index (κ3) is 5.26. The second-order valence-electron chi connectivity index (χ2n) is 2.47. The molecule has 6 nitrogen and oxygen atoms in total. The van der Waals surface area contributed by atoms with E-state index >= 15 is 0 Å². The summed E-state index contributed by atoms with van der Waals surface area (Å²) in [6.45, 7) is 3.05. The number of carbonyl (C=O) groups is 3. The van der Waals surface area contributed by atoms with Crippen molar-refractivity contribution in [2.24, 2.45) is 0 Å². The largest absolute Gasteiger partial charge is 0.499 e. The number of hydrogen-bond acceptors (Lipinski definition) is 6. The lowest BCUT2D eigenvalue weighted by Crippen LogP contribution is -2.06. The lowest BCUT2D eigenvalue weighted by atomic mass is 10.5. The molecule has 0 amide bonds. The summed E-state index contributed by atoms with van der Waals surface area (Å²) >= 11 is 0. The summed E-state index contributed by atoms with van der Waals surface area (Å²) in [4.78, 5) is 32.3. The van der Waals surface area contributed by atoms with E-state index in [1.807, 2.05) is 0 Å². The highest BCUT2D eigenvalue weighted by Gasteiger charge is 2.30. The van der Waals surface area contributed by atoms with Crippen molar-refractivity contribution in [1.82, 2.24) is 0 Å². The molecule has 0 aromatic rings. The van der Waals surface area contributed by atoms with Crippen LogP contribution in [0.5, 0.6) is 0 Å². The molecule has 0 aliphatic rings. The van der Waals surface area contributed by atoms with Crippen molar-refractivity contribution >= 4 is 25.6 Å². The Morgan fingerprint density at radius 3 is 1.62 bits per heavy atom. The van der Waals surface area contributed by atoms with E-state index in [1.165, 1.54) is 26.0 Å². The fraction of sp³-hybridized carbons (Fsp3) is 0.222. The first kappa shape index (κ1) is 14.3. The van der Waals surface area contributed by atoms with Gasteiger partial charge in [0, 0.05) is 12.2 Å². The van der Waals surface area contributed by atoms with Crippen LogP contribution in [0.25, 0.3) is 0 Å². The summed E-state index contributed by atoms with van der Waals surface area (Å²) in [5.74, 6) is -2.04. The molecule has 0 heterocycles. The van der Waals surface area contributed by atoms with E-state index in [0.29, 0.717) is 0 Å². The Hall–Kier alpha value is -1.68. The summed E-state index contributed by atoms with van der Waals surface area (Å²) < 4.78 is 19.9. The first-order valence-electron chi connectivity index (χ1n) is 4.26. The Kier molecular flexibility index (Phi) is 6.03. The quantitative estimate of drug-likeness (QED) is 0.416. The van der Waals surface area contributed by atoms with Gasteiger partial charge in [-0.15, -0.1) is 0 Å². The first-order valence-corrected chi connectivity index (χ1v) is 5.87. The van der Waals surface area contributed by atoms with Crippen molar-refractivity contribution in [2.45, 2.75) is 13.8 Å². The van der Waals surface area contributed by atoms with Crippen LogP contribution in [0.1, 0.15) is 13.8 Å². The molecule has 0 radical (unpaired) electrons. The maximum absolute atomic E-state index is 11.4. The number of allylic oxidation sites excluding steroid dienone is 2. The van der Waals surface area contributed by atoms with E-state index in [9.17, 15) is 18.9 Å². The second kappa shape index (κ2) is 6.74. The van der Waals surface area contributed by atoms with Gasteiger partial charge in [-0.1, -0.05) is 12.2 Å². The molecular weight excluding hydrogens is 235 g/mol. The minimum absolute atomic E-state index is 0.199. The van der Waals surface area contributed by atoms with Gasteiger partial charge >= 0.3 is 19.5 Å². The maximum Gasteiger partial charge on any atom is 0.499 e. The Morgan fingerprint density at radius 2 is 1.38 bits per heavy atom. The van der Waals surface area contributed by atoms with Gasteiger partial charge in [-0.25, -0.2) is 14.2 Å². The third-order valence-corrected chi connectivity index (χ3v) is 2.30. The predicted molar refractivity (Wildman–Crippen MR) is 56.2 cm³/mol. The van der Waals surface area contributed by atoms with Gasteiger partial charge in [0.1, 0.15) is 0 Å². The Labute approximate surface area is 92.5 Å². The van der Waals surface area contributed by atoms with Crippen LogP contribution in [0.15, 0.2) is 24.3 Å². The number of carbonyl (C=O) groups excluding carboxylic acids is 3. The fourth-order valence-electron chi connectivity index (χ4n) is 0.646. The molecule has 7 heteroatoms. The molecule has 0 aromatic heterocycles. The minimum Gasteiger partial charge on any atom is -0.374 e. The average molecular weight is 246 g/mol. The summed E-state index contributed by atoms with van der Waals surface area (Å²) in [5, 5.41) is 0. The van der Waals surface area contributed by atoms with Crippen molar-refractivity contribution in [1.29, 1.82) is 0 Å². The molecule has 0 spiro atoms. The molecule has 0 aromatic carbocycles. The van der Waals surface area contributed by atoms with Crippen molar-refractivity contribution in [2.75, 3.05) is 0 Å². The van der Waals surface area contributed by atoms with Crippen LogP contribution in [0.3, 0.4) is 0 Å². The van der Waals surface area contributed by atoms with Crippen molar-refractivity contribution < 1.29 is 28.0 Å². The summed E-state index contributed by atoms with van der Waals surface area (Å²) in [6.07, 6.45) is 4.54. The molecular formula is C9H11O6P. The monoisotopic (exact) mass is 246 g/mol. The molecule has 0 saturated carbocycles. The number of rotatable bonds is 5. The van der Waals surface area contributed by atoms with E-state index in [1.54, 1.807) is 0 Å². The summed E-state index contributed by atoms with van der Waals surface area (Å²) in [6, 6.07) is -0.199. The van der Waals surface area contributed by atoms with E-state index < -0.39 is 19.5 Å². The Morgan fingerprint density at radius 1 is 1.00 bits per heavy atom.